The Morgan fingerprint density at radius 2 is 1.39 bits per heavy atom. The van der Waals surface area contributed by atoms with E-state index in [2.05, 4.69) is 0 Å². The molecule has 0 aromatic heterocycles. The second kappa shape index (κ2) is 6.26. The van der Waals surface area contributed by atoms with Crippen LogP contribution in [0.2, 0.25) is 0 Å². The minimum atomic E-state index is -1.56. The van der Waals surface area contributed by atoms with Gasteiger partial charge in [-0.15, -0.1) is 0 Å². The van der Waals surface area contributed by atoms with E-state index in [1.807, 2.05) is 24.3 Å². The Morgan fingerprint density at radius 1 is 0.783 bits per heavy atom. The van der Waals surface area contributed by atoms with Gasteiger partial charge in [0.15, 0.2) is 6.29 Å². The molecule has 5 nitrogen and oxygen atoms in total. The molecule has 3 aromatic carbocycles. The van der Waals surface area contributed by atoms with E-state index in [4.69, 9.17) is 14.9 Å². The fraction of sp³-hybridized carbons (Fsp3) is 0.111. The van der Waals surface area contributed by atoms with Crippen LogP contribution in [-0.4, -0.2) is 20.4 Å². The predicted molar refractivity (Wildman–Crippen MR) is 84.8 cm³/mol. The molecule has 0 aliphatic rings. The van der Waals surface area contributed by atoms with Crippen LogP contribution in [0.15, 0.2) is 60.7 Å². The minimum Gasteiger partial charge on any atom is -0.507 e. The van der Waals surface area contributed by atoms with Crippen molar-refractivity contribution in [2.24, 2.45) is 0 Å². The van der Waals surface area contributed by atoms with Gasteiger partial charge in [-0.3, -0.25) is 0 Å². The number of phenolic OH excluding ortho intramolecular Hbond substituents is 1. The van der Waals surface area contributed by atoms with Crippen molar-refractivity contribution in [3.8, 4) is 11.5 Å². The van der Waals surface area contributed by atoms with E-state index in [9.17, 15) is 10.2 Å². The lowest BCUT2D eigenvalue weighted by atomic mass is 10.1. The third-order valence-corrected chi connectivity index (χ3v) is 3.59. The summed E-state index contributed by atoms with van der Waals surface area (Å²) in [5, 5.41) is 40.1. The number of aliphatic hydroxyl groups is 3. The molecule has 0 fully saturated rings. The van der Waals surface area contributed by atoms with Gasteiger partial charge in [-0.05, 0) is 35.0 Å². The molecule has 0 spiro atoms. The second-order valence-corrected chi connectivity index (χ2v) is 5.17. The maximum absolute atomic E-state index is 10.2. The van der Waals surface area contributed by atoms with E-state index in [0.29, 0.717) is 11.3 Å². The van der Waals surface area contributed by atoms with Crippen molar-refractivity contribution in [3.05, 3.63) is 71.8 Å². The van der Waals surface area contributed by atoms with Crippen molar-refractivity contribution in [2.75, 3.05) is 0 Å². The molecule has 3 rings (SSSR count). The molecular formula is C18H16O5. The Kier molecular flexibility index (Phi) is 4.16. The van der Waals surface area contributed by atoms with E-state index in [0.717, 1.165) is 10.8 Å². The van der Waals surface area contributed by atoms with Gasteiger partial charge < -0.3 is 25.2 Å². The molecule has 0 radical (unpaired) electrons. The van der Waals surface area contributed by atoms with Gasteiger partial charge in [0.25, 0.3) is 0 Å². The van der Waals surface area contributed by atoms with Crippen LogP contribution in [0.1, 0.15) is 23.7 Å². The fourth-order valence-electron chi connectivity index (χ4n) is 2.35. The standard InChI is InChI=1S/C18H16O5/c19-16-10-13-4-2-1-3-12(13)9-15(16)18(22)23-14-7-5-11(6-8-14)17(20)21/h1-10,17-22H. The Labute approximate surface area is 132 Å². The van der Waals surface area contributed by atoms with Crippen molar-refractivity contribution >= 4 is 10.8 Å². The predicted octanol–water partition coefficient (Wildman–Crippen LogP) is 2.60. The fourth-order valence-corrected chi connectivity index (χ4v) is 2.35. The van der Waals surface area contributed by atoms with Crippen molar-refractivity contribution in [2.45, 2.75) is 12.6 Å². The molecule has 0 aliphatic carbocycles. The molecule has 5 heteroatoms. The van der Waals surface area contributed by atoms with E-state index >= 15 is 0 Å². The molecule has 0 heterocycles. The van der Waals surface area contributed by atoms with Crippen molar-refractivity contribution in [1.82, 2.24) is 0 Å². The van der Waals surface area contributed by atoms with E-state index in [1.165, 1.54) is 24.3 Å². The lowest BCUT2D eigenvalue weighted by molar-refractivity contribution is -0.0426. The van der Waals surface area contributed by atoms with Gasteiger partial charge in [0.2, 0.25) is 6.29 Å². The normalized spacial score (nSPS) is 12.5. The summed E-state index contributed by atoms with van der Waals surface area (Å²) in [6.45, 7) is 0. The van der Waals surface area contributed by atoms with Gasteiger partial charge in [-0.1, -0.05) is 36.4 Å². The first-order valence-corrected chi connectivity index (χ1v) is 7.07. The van der Waals surface area contributed by atoms with Gasteiger partial charge in [0, 0.05) is 5.56 Å². The van der Waals surface area contributed by atoms with E-state index in [-0.39, 0.29) is 11.3 Å². The van der Waals surface area contributed by atoms with Crippen molar-refractivity contribution < 1.29 is 25.2 Å². The maximum atomic E-state index is 10.2. The maximum Gasteiger partial charge on any atom is 0.227 e. The zero-order valence-corrected chi connectivity index (χ0v) is 12.1. The van der Waals surface area contributed by atoms with Crippen molar-refractivity contribution in [3.63, 3.8) is 0 Å². The zero-order chi connectivity index (χ0) is 16.4. The highest BCUT2D eigenvalue weighted by Gasteiger charge is 2.15. The molecule has 4 N–H and O–H groups in total. The average Bonchev–Trinajstić information content (AvgIpc) is 2.54. The van der Waals surface area contributed by atoms with Crippen LogP contribution in [0.3, 0.4) is 0 Å². The van der Waals surface area contributed by atoms with Crippen LogP contribution in [0.25, 0.3) is 10.8 Å². The first kappa shape index (κ1) is 15.3. The molecule has 0 aliphatic heterocycles. The Hall–Kier alpha value is -2.60. The summed E-state index contributed by atoms with van der Waals surface area (Å²) in [7, 11) is 0. The van der Waals surface area contributed by atoms with Gasteiger partial charge in [0.1, 0.15) is 11.5 Å². The Balaban J connectivity index is 1.85. The van der Waals surface area contributed by atoms with Crippen LogP contribution in [0.5, 0.6) is 11.5 Å². The third kappa shape index (κ3) is 3.27. The summed E-state index contributed by atoms with van der Waals surface area (Å²) in [6.07, 6.45) is -2.90. The number of fused-ring (bicyclic) bond motifs is 1. The smallest absolute Gasteiger partial charge is 0.227 e. The van der Waals surface area contributed by atoms with Crippen molar-refractivity contribution in [1.29, 1.82) is 0 Å². The highest BCUT2D eigenvalue weighted by Crippen LogP contribution is 2.31. The van der Waals surface area contributed by atoms with Crippen LogP contribution in [0.4, 0.5) is 0 Å². The molecule has 0 amide bonds. The van der Waals surface area contributed by atoms with Crippen LogP contribution in [-0.2, 0) is 0 Å². The quantitative estimate of drug-likeness (QED) is 0.556. The van der Waals surface area contributed by atoms with Crippen LogP contribution < -0.4 is 4.74 Å². The van der Waals surface area contributed by atoms with E-state index < -0.39 is 12.6 Å². The number of hydrogen-bond donors (Lipinski definition) is 4. The Bertz CT molecular complexity index is 811. The second-order valence-electron chi connectivity index (χ2n) is 5.17. The summed E-state index contributed by atoms with van der Waals surface area (Å²) in [6, 6.07) is 16.7. The molecule has 1 unspecified atom stereocenters. The largest absolute Gasteiger partial charge is 0.507 e. The summed E-state index contributed by atoms with van der Waals surface area (Å²) >= 11 is 0. The molecular weight excluding hydrogens is 296 g/mol. The molecule has 23 heavy (non-hydrogen) atoms. The third-order valence-electron chi connectivity index (χ3n) is 3.59. The van der Waals surface area contributed by atoms with Gasteiger partial charge in [-0.2, -0.15) is 0 Å². The molecule has 0 saturated carbocycles. The van der Waals surface area contributed by atoms with Crippen LogP contribution in [0, 0.1) is 0 Å². The summed E-state index contributed by atoms with van der Waals surface area (Å²) in [5.74, 6) is 0.285. The van der Waals surface area contributed by atoms with Gasteiger partial charge >= 0.3 is 0 Å². The topological polar surface area (TPSA) is 90.2 Å². The number of aromatic hydroxyl groups is 1. The Morgan fingerprint density at radius 3 is 2.00 bits per heavy atom. The molecule has 3 aromatic rings. The first-order chi connectivity index (χ1) is 11.0. The zero-order valence-electron chi connectivity index (χ0n) is 12.1. The number of hydrogen-bond acceptors (Lipinski definition) is 5. The average molecular weight is 312 g/mol. The SMILES string of the molecule is Oc1cc2ccccc2cc1C(O)Oc1ccc(C(O)O)cc1. The number of rotatable bonds is 4. The minimum absolute atomic E-state index is 0.0569. The van der Waals surface area contributed by atoms with Gasteiger partial charge in [-0.25, -0.2) is 0 Å². The number of aliphatic hydroxyl groups excluding tert-OH is 2. The number of phenols is 1. The number of benzene rings is 3. The summed E-state index contributed by atoms with van der Waals surface area (Å²) in [4.78, 5) is 0. The molecule has 0 saturated heterocycles. The molecule has 1 atom stereocenters. The lowest BCUT2D eigenvalue weighted by Gasteiger charge is -2.16. The first-order valence-electron chi connectivity index (χ1n) is 7.07. The van der Waals surface area contributed by atoms with Gasteiger partial charge in [0.05, 0.1) is 5.56 Å². The van der Waals surface area contributed by atoms with E-state index in [1.54, 1.807) is 12.1 Å². The highest BCUT2D eigenvalue weighted by atomic mass is 16.6. The monoisotopic (exact) mass is 312 g/mol. The van der Waals surface area contributed by atoms with Crippen LogP contribution >= 0.6 is 0 Å². The molecule has 0 bridgehead atoms. The highest BCUT2D eigenvalue weighted by molar-refractivity contribution is 5.84. The lowest BCUT2D eigenvalue weighted by Crippen LogP contribution is -2.07. The summed E-state index contributed by atoms with van der Waals surface area (Å²) in [5.41, 5.74) is 0.579. The number of ether oxygens (including phenoxy) is 1. The molecule has 118 valence electrons. The summed E-state index contributed by atoms with van der Waals surface area (Å²) < 4.78 is 5.40.